The van der Waals surface area contributed by atoms with Crippen LogP contribution in [0.25, 0.3) is 71.6 Å². The number of aromatic nitrogens is 2. The van der Waals surface area contributed by atoms with Gasteiger partial charge < -0.3 is 0 Å². The zero-order valence-electron chi connectivity index (χ0n) is 40.6. The van der Waals surface area contributed by atoms with E-state index in [4.69, 9.17) is 17.8 Å². The van der Waals surface area contributed by atoms with Gasteiger partial charge >= 0.3 is 0 Å². The standard InChI is InChI=1S/C43H32N2/c1-27-44-38-21-11-13-23-40(38)45(27)39-22-12-9-19-35(39)42-33-17-6-4-15-31(33)41(32-16-5-7-18-34(32)42)28-24-25-30-29-14-8-10-20-36(29)43(2,3)37(30)26-28/h4-26H,1-3H3/i1D3,2D3,3D3,4D,5D,6D,7D,15D,16D,17D,18D. The topological polar surface area (TPSA) is 17.8 Å². The molecule has 0 atom stereocenters. The molecule has 214 valence electrons. The predicted octanol–water partition coefficient (Wildman–Crippen LogP) is 11.3. The smallest absolute Gasteiger partial charge is 0.111 e. The van der Waals surface area contributed by atoms with Crippen LogP contribution < -0.4 is 0 Å². The lowest BCUT2D eigenvalue weighted by Gasteiger charge is -2.23. The Bertz CT molecular complexity index is 3150. The van der Waals surface area contributed by atoms with Crippen molar-refractivity contribution >= 4 is 32.6 Å². The summed E-state index contributed by atoms with van der Waals surface area (Å²) in [5, 5.41) is -0.766. The number of rotatable bonds is 3. The molecule has 0 spiro atoms. The Morgan fingerprint density at radius 1 is 0.622 bits per heavy atom. The summed E-state index contributed by atoms with van der Waals surface area (Å²) < 4.78 is 153. The van der Waals surface area contributed by atoms with Crippen LogP contribution in [0.1, 0.15) is 54.0 Å². The van der Waals surface area contributed by atoms with Crippen LogP contribution >= 0.6 is 0 Å². The molecule has 7 aromatic carbocycles. The molecule has 1 heterocycles. The minimum Gasteiger partial charge on any atom is -0.296 e. The van der Waals surface area contributed by atoms with Crippen LogP contribution in [-0.2, 0) is 5.41 Å². The summed E-state index contributed by atoms with van der Waals surface area (Å²) in [5.41, 5.74) is -1.07. The zero-order valence-corrected chi connectivity index (χ0v) is 23.6. The van der Waals surface area contributed by atoms with E-state index in [1.165, 1.54) is 28.8 Å². The van der Waals surface area contributed by atoms with Gasteiger partial charge in [0.15, 0.2) is 0 Å². The molecule has 0 N–H and O–H groups in total. The van der Waals surface area contributed by atoms with Crippen LogP contribution in [0.4, 0.5) is 0 Å². The first-order valence-corrected chi connectivity index (χ1v) is 14.3. The minimum absolute atomic E-state index is 0.0321. The van der Waals surface area contributed by atoms with Gasteiger partial charge in [0.2, 0.25) is 0 Å². The Morgan fingerprint density at radius 3 is 1.98 bits per heavy atom. The van der Waals surface area contributed by atoms with Crippen LogP contribution in [0.15, 0.2) is 139 Å². The van der Waals surface area contributed by atoms with Gasteiger partial charge in [-0.2, -0.15) is 0 Å². The van der Waals surface area contributed by atoms with E-state index in [0.717, 1.165) is 0 Å². The fraction of sp³-hybridized carbons (Fsp3) is 0.0930. The second kappa shape index (κ2) is 9.51. The molecule has 1 aromatic heterocycles. The lowest BCUT2D eigenvalue weighted by molar-refractivity contribution is 0.660. The molecule has 0 amide bonds. The van der Waals surface area contributed by atoms with Crippen molar-refractivity contribution in [2.45, 2.75) is 26.0 Å². The maximum absolute atomic E-state index is 9.48. The predicted molar refractivity (Wildman–Crippen MR) is 189 cm³/mol. The molecule has 0 radical (unpaired) electrons. The quantitative estimate of drug-likeness (QED) is 0.186. The van der Waals surface area contributed by atoms with Crippen LogP contribution in [0.3, 0.4) is 0 Å². The highest BCUT2D eigenvalue weighted by molar-refractivity contribution is 6.22. The van der Waals surface area contributed by atoms with Crippen molar-refractivity contribution in [1.82, 2.24) is 9.55 Å². The SMILES string of the molecule is [2H]c1c([2H])c([2H])c2c(-c3ccccc3-n3c(C([2H])([2H])[2H])nc4ccccc43)c3c([2H])c([2H])c([2H])c([2H])c3c(-c3ccc4c(c3)C(C([2H])([2H])[2H])(C([2H])([2H])[2H])c3ccccc3-4)c2c1[2H]. The van der Waals surface area contributed by atoms with E-state index < -0.39 is 74.3 Å². The summed E-state index contributed by atoms with van der Waals surface area (Å²) in [7, 11) is 0. The fourth-order valence-corrected chi connectivity index (χ4v) is 6.77. The number of nitrogens with zero attached hydrogens (tertiary/aromatic N) is 2. The van der Waals surface area contributed by atoms with E-state index >= 15 is 0 Å². The zero-order chi connectivity index (χ0) is 44.7. The molecule has 2 nitrogen and oxygen atoms in total. The van der Waals surface area contributed by atoms with Crippen molar-refractivity contribution < 1.29 is 23.3 Å². The van der Waals surface area contributed by atoms with Crippen molar-refractivity contribution in [1.29, 1.82) is 0 Å². The summed E-state index contributed by atoms with van der Waals surface area (Å²) in [6.07, 6.45) is 0. The minimum atomic E-state index is -3.16. The van der Waals surface area contributed by atoms with Crippen LogP contribution in [-0.4, -0.2) is 9.55 Å². The summed E-state index contributed by atoms with van der Waals surface area (Å²) in [4.78, 5) is 4.45. The highest BCUT2D eigenvalue weighted by atomic mass is 15.1. The van der Waals surface area contributed by atoms with Gasteiger partial charge in [-0.05, 0) is 91.6 Å². The van der Waals surface area contributed by atoms with Gasteiger partial charge in [0, 0.05) is 23.3 Å². The third-order valence-electron chi connectivity index (χ3n) is 8.68. The monoisotopic (exact) mass is 593 g/mol. The Balaban J connectivity index is 1.52. The molecule has 0 bridgehead atoms. The summed E-state index contributed by atoms with van der Waals surface area (Å²) in [5.74, 6) is -0.327. The Labute approximate surface area is 287 Å². The number of para-hydroxylation sites is 3. The average Bonchev–Trinajstić information content (AvgIpc) is 3.77. The van der Waals surface area contributed by atoms with Crippen LogP contribution in [0.2, 0.25) is 0 Å². The van der Waals surface area contributed by atoms with Crippen molar-refractivity contribution in [3.63, 3.8) is 0 Å². The molecule has 1 aliphatic carbocycles. The Morgan fingerprint density at radius 2 is 1.24 bits per heavy atom. The number of benzene rings is 7. The molecule has 9 rings (SSSR count). The van der Waals surface area contributed by atoms with E-state index in [2.05, 4.69) is 4.98 Å². The van der Waals surface area contributed by atoms with Gasteiger partial charge in [-0.1, -0.05) is 129 Å². The van der Waals surface area contributed by atoms with Gasteiger partial charge in [0.1, 0.15) is 5.82 Å². The van der Waals surface area contributed by atoms with Gasteiger partial charge in [-0.15, -0.1) is 0 Å². The number of hydrogen-bond acceptors (Lipinski definition) is 1. The van der Waals surface area contributed by atoms with Gasteiger partial charge in [0.05, 0.1) is 27.7 Å². The van der Waals surface area contributed by atoms with Crippen molar-refractivity contribution in [3.8, 4) is 39.1 Å². The lowest BCUT2D eigenvalue weighted by atomic mass is 9.80. The molecular weight excluding hydrogens is 544 g/mol. The van der Waals surface area contributed by atoms with Crippen molar-refractivity contribution in [2.24, 2.45) is 0 Å². The third kappa shape index (κ3) is 3.66. The van der Waals surface area contributed by atoms with Gasteiger partial charge in [-0.25, -0.2) is 4.98 Å². The first kappa shape index (κ1) is 14.1. The second-order valence-corrected chi connectivity index (χ2v) is 11.1. The Kier molecular flexibility index (Phi) is 2.98. The molecular formula is C43H32N2. The number of hydrogen-bond donors (Lipinski definition) is 0. The first-order chi connectivity index (χ1) is 29.1. The van der Waals surface area contributed by atoms with E-state index in [-0.39, 0.29) is 66.4 Å². The summed E-state index contributed by atoms with van der Waals surface area (Å²) >= 11 is 0. The van der Waals surface area contributed by atoms with Crippen LogP contribution in [0, 0.1) is 6.85 Å². The third-order valence-corrected chi connectivity index (χ3v) is 8.68. The van der Waals surface area contributed by atoms with E-state index in [9.17, 15) is 5.48 Å². The highest BCUT2D eigenvalue weighted by Gasteiger charge is 2.35. The number of imidazole rings is 1. The van der Waals surface area contributed by atoms with Crippen LogP contribution in [0.5, 0.6) is 0 Å². The van der Waals surface area contributed by atoms with Crippen molar-refractivity contribution in [2.75, 3.05) is 0 Å². The first-order valence-electron chi connectivity index (χ1n) is 22.8. The lowest BCUT2D eigenvalue weighted by Crippen LogP contribution is -2.14. The highest BCUT2D eigenvalue weighted by Crippen LogP contribution is 2.51. The normalized spacial score (nSPS) is 19.7. The molecule has 0 saturated heterocycles. The van der Waals surface area contributed by atoms with E-state index in [1.54, 1.807) is 66.7 Å². The van der Waals surface area contributed by atoms with E-state index in [1.807, 2.05) is 0 Å². The fourth-order valence-electron chi connectivity index (χ4n) is 6.77. The average molecular weight is 594 g/mol. The van der Waals surface area contributed by atoms with Gasteiger partial charge in [-0.3, -0.25) is 4.57 Å². The molecule has 0 saturated carbocycles. The maximum Gasteiger partial charge on any atom is 0.111 e. The second-order valence-electron chi connectivity index (χ2n) is 11.1. The van der Waals surface area contributed by atoms with Gasteiger partial charge in [0.25, 0.3) is 0 Å². The molecule has 2 heteroatoms. The maximum atomic E-state index is 9.48. The summed E-state index contributed by atoms with van der Waals surface area (Å²) in [6.45, 7) is -9.08. The summed E-state index contributed by atoms with van der Waals surface area (Å²) in [6, 6.07) is 18.7. The largest absolute Gasteiger partial charge is 0.296 e. The molecule has 8 aromatic rings. The molecule has 0 fully saturated rings. The molecule has 45 heavy (non-hydrogen) atoms. The number of fused-ring (bicyclic) bond motifs is 6. The molecule has 0 aliphatic heterocycles. The Hall–Kier alpha value is -5.47. The number of aryl methyl sites for hydroxylation is 1. The van der Waals surface area contributed by atoms with E-state index in [0.29, 0.717) is 22.2 Å². The van der Waals surface area contributed by atoms with Crippen molar-refractivity contribution in [3.05, 3.63) is 156 Å². The molecule has 1 aliphatic rings. The molecule has 0 unspecified atom stereocenters.